The van der Waals surface area contributed by atoms with Crippen molar-refractivity contribution in [2.24, 2.45) is 0 Å². The van der Waals surface area contributed by atoms with Gasteiger partial charge < -0.3 is 20.9 Å². The van der Waals surface area contributed by atoms with Crippen molar-refractivity contribution in [3.05, 3.63) is 36.7 Å². The minimum absolute atomic E-state index is 0.677. The van der Waals surface area contributed by atoms with Crippen molar-refractivity contribution in [1.82, 2.24) is 9.97 Å². The van der Waals surface area contributed by atoms with Gasteiger partial charge in [0.15, 0.2) is 11.6 Å². The SMILES string of the molecule is CCCCCCCCCCCCCCCCNc1ncnc(N2CCN(c3ccccc3)CC2)c1N. The zero-order chi connectivity index (χ0) is 25.3. The summed E-state index contributed by atoms with van der Waals surface area (Å²) in [5, 5.41) is 3.46. The summed E-state index contributed by atoms with van der Waals surface area (Å²) >= 11 is 0. The number of piperazine rings is 1. The number of nitrogens with one attached hydrogen (secondary N) is 1. The van der Waals surface area contributed by atoms with E-state index in [9.17, 15) is 0 Å². The number of nitrogens with two attached hydrogens (primary N) is 1. The van der Waals surface area contributed by atoms with Crippen molar-refractivity contribution in [2.75, 3.05) is 53.6 Å². The third kappa shape index (κ3) is 9.87. The van der Waals surface area contributed by atoms with Gasteiger partial charge in [0.2, 0.25) is 0 Å². The number of hydrogen-bond acceptors (Lipinski definition) is 6. The number of benzene rings is 1. The average Bonchev–Trinajstić information content (AvgIpc) is 2.92. The second kappa shape index (κ2) is 17.0. The lowest BCUT2D eigenvalue weighted by molar-refractivity contribution is 0.537. The van der Waals surface area contributed by atoms with E-state index in [0.29, 0.717) is 5.69 Å². The largest absolute Gasteiger partial charge is 0.393 e. The van der Waals surface area contributed by atoms with Crippen molar-refractivity contribution >= 4 is 23.0 Å². The topological polar surface area (TPSA) is 70.3 Å². The monoisotopic (exact) mass is 494 g/mol. The van der Waals surface area contributed by atoms with E-state index in [4.69, 9.17) is 5.73 Å². The number of anilines is 4. The number of para-hydroxylation sites is 1. The highest BCUT2D eigenvalue weighted by Crippen LogP contribution is 2.28. The molecule has 36 heavy (non-hydrogen) atoms. The molecule has 2 heterocycles. The Labute approximate surface area is 220 Å². The lowest BCUT2D eigenvalue weighted by Gasteiger charge is -2.37. The molecule has 1 saturated heterocycles. The Hall–Kier alpha value is -2.50. The van der Waals surface area contributed by atoms with Crippen molar-refractivity contribution in [2.45, 2.75) is 96.8 Å². The first-order valence-electron chi connectivity index (χ1n) is 14.7. The summed E-state index contributed by atoms with van der Waals surface area (Å²) in [4.78, 5) is 13.6. The molecule has 1 aliphatic heterocycles. The zero-order valence-electron chi connectivity index (χ0n) is 22.8. The minimum Gasteiger partial charge on any atom is -0.393 e. The molecular weight excluding hydrogens is 444 g/mol. The second-order valence-electron chi connectivity index (χ2n) is 10.3. The molecule has 0 bridgehead atoms. The van der Waals surface area contributed by atoms with Gasteiger partial charge in [-0.1, -0.05) is 109 Å². The lowest BCUT2D eigenvalue weighted by atomic mass is 10.0. The van der Waals surface area contributed by atoms with Crippen LogP contribution in [0.2, 0.25) is 0 Å². The first-order valence-corrected chi connectivity index (χ1v) is 14.7. The van der Waals surface area contributed by atoms with Crippen LogP contribution in [0.1, 0.15) is 96.8 Å². The van der Waals surface area contributed by atoms with E-state index in [1.165, 1.54) is 89.2 Å². The van der Waals surface area contributed by atoms with E-state index < -0.39 is 0 Å². The van der Waals surface area contributed by atoms with Crippen molar-refractivity contribution in [3.63, 3.8) is 0 Å². The van der Waals surface area contributed by atoms with Gasteiger partial charge >= 0.3 is 0 Å². The van der Waals surface area contributed by atoms with Crippen LogP contribution in [0.4, 0.5) is 23.0 Å². The number of hydrogen-bond donors (Lipinski definition) is 2. The summed E-state index contributed by atoms with van der Waals surface area (Å²) in [5.41, 5.74) is 8.44. The fourth-order valence-corrected chi connectivity index (χ4v) is 5.12. The predicted octanol–water partition coefficient (Wildman–Crippen LogP) is 7.28. The molecule has 3 rings (SSSR count). The highest BCUT2D eigenvalue weighted by Gasteiger charge is 2.21. The van der Waals surface area contributed by atoms with Crippen molar-refractivity contribution in [1.29, 1.82) is 0 Å². The lowest BCUT2D eigenvalue weighted by Crippen LogP contribution is -2.47. The molecule has 0 spiro atoms. The Morgan fingerprint density at radius 3 is 1.81 bits per heavy atom. The quantitative estimate of drug-likeness (QED) is 0.212. The van der Waals surface area contributed by atoms with Crippen LogP contribution in [-0.2, 0) is 0 Å². The third-order valence-electron chi connectivity index (χ3n) is 7.39. The van der Waals surface area contributed by atoms with Gasteiger partial charge in [-0.25, -0.2) is 9.97 Å². The van der Waals surface area contributed by atoms with Gasteiger partial charge in [-0.15, -0.1) is 0 Å². The summed E-state index contributed by atoms with van der Waals surface area (Å²) in [6.07, 6.45) is 20.9. The fourth-order valence-electron chi connectivity index (χ4n) is 5.12. The van der Waals surface area contributed by atoms with E-state index in [1.807, 2.05) is 0 Å². The predicted molar refractivity (Wildman–Crippen MR) is 156 cm³/mol. The van der Waals surface area contributed by atoms with Crippen LogP contribution in [0.5, 0.6) is 0 Å². The van der Waals surface area contributed by atoms with E-state index in [2.05, 4.69) is 62.3 Å². The molecule has 1 aromatic heterocycles. The van der Waals surface area contributed by atoms with Gasteiger partial charge in [-0.2, -0.15) is 0 Å². The third-order valence-corrected chi connectivity index (χ3v) is 7.39. The first-order chi connectivity index (χ1) is 17.8. The molecule has 0 radical (unpaired) electrons. The molecule has 6 heteroatoms. The van der Waals surface area contributed by atoms with Gasteiger partial charge in [0, 0.05) is 38.4 Å². The van der Waals surface area contributed by atoms with Gasteiger partial charge in [0.25, 0.3) is 0 Å². The maximum absolute atomic E-state index is 6.48. The normalized spacial score (nSPS) is 13.8. The molecule has 6 nitrogen and oxygen atoms in total. The van der Waals surface area contributed by atoms with Gasteiger partial charge in [0.1, 0.15) is 12.0 Å². The highest BCUT2D eigenvalue weighted by molar-refractivity contribution is 5.75. The molecule has 2 aromatic rings. The van der Waals surface area contributed by atoms with E-state index >= 15 is 0 Å². The molecule has 1 aliphatic rings. The molecule has 3 N–H and O–H groups in total. The second-order valence-corrected chi connectivity index (χ2v) is 10.3. The van der Waals surface area contributed by atoms with Crippen LogP contribution in [0.15, 0.2) is 36.7 Å². The first kappa shape index (κ1) is 28.1. The highest BCUT2D eigenvalue weighted by atomic mass is 15.3. The fraction of sp³-hybridized carbons (Fsp3) is 0.667. The number of nitrogen functional groups attached to an aromatic ring is 1. The van der Waals surface area contributed by atoms with Gasteiger partial charge in [0.05, 0.1) is 0 Å². The van der Waals surface area contributed by atoms with Gasteiger partial charge in [-0.3, -0.25) is 0 Å². The van der Waals surface area contributed by atoms with Gasteiger partial charge in [-0.05, 0) is 18.6 Å². The molecule has 0 atom stereocenters. The molecule has 200 valence electrons. The Morgan fingerprint density at radius 2 is 1.22 bits per heavy atom. The molecule has 0 saturated carbocycles. The summed E-state index contributed by atoms with van der Waals surface area (Å²) in [5.74, 6) is 1.64. The number of aromatic nitrogens is 2. The number of unbranched alkanes of at least 4 members (excludes halogenated alkanes) is 13. The number of nitrogens with zero attached hydrogens (tertiary/aromatic N) is 4. The standard InChI is InChI=1S/C30H50N6/c1-2-3-4-5-6-7-8-9-10-11-12-13-14-18-21-32-29-28(31)30(34-26-33-29)36-24-22-35(23-25-36)27-19-16-15-17-20-27/h15-17,19-20,26H,2-14,18,21-25,31H2,1H3,(H,32,33,34). The summed E-state index contributed by atoms with van der Waals surface area (Å²) < 4.78 is 0. The van der Waals surface area contributed by atoms with Crippen LogP contribution in [0.3, 0.4) is 0 Å². The van der Waals surface area contributed by atoms with Crippen LogP contribution < -0.4 is 20.9 Å². The Kier molecular flexibility index (Phi) is 13.3. The summed E-state index contributed by atoms with van der Waals surface area (Å²) in [7, 11) is 0. The molecule has 0 unspecified atom stereocenters. The molecular formula is C30H50N6. The van der Waals surface area contributed by atoms with E-state index in [1.54, 1.807) is 6.33 Å². The Balaban J connectivity index is 1.24. The van der Waals surface area contributed by atoms with Crippen molar-refractivity contribution < 1.29 is 0 Å². The Bertz CT molecular complexity index is 819. The van der Waals surface area contributed by atoms with Crippen LogP contribution in [0.25, 0.3) is 0 Å². The molecule has 0 amide bonds. The average molecular weight is 495 g/mol. The smallest absolute Gasteiger partial charge is 0.157 e. The zero-order valence-corrected chi connectivity index (χ0v) is 22.8. The number of rotatable bonds is 18. The van der Waals surface area contributed by atoms with E-state index in [-0.39, 0.29) is 0 Å². The maximum atomic E-state index is 6.48. The Morgan fingerprint density at radius 1 is 0.694 bits per heavy atom. The van der Waals surface area contributed by atoms with Crippen LogP contribution in [-0.4, -0.2) is 42.7 Å². The maximum Gasteiger partial charge on any atom is 0.157 e. The van der Waals surface area contributed by atoms with Crippen LogP contribution >= 0.6 is 0 Å². The molecule has 0 aliphatic carbocycles. The summed E-state index contributed by atoms with van der Waals surface area (Å²) in [6, 6.07) is 10.6. The molecule has 1 aromatic carbocycles. The summed E-state index contributed by atoms with van der Waals surface area (Å²) in [6.45, 7) is 6.96. The van der Waals surface area contributed by atoms with E-state index in [0.717, 1.165) is 50.8 Å². The minimum atomic E-state index is 0.677. The van der Waals surface area contributed by atoms with Crippen LogP contribution in [0, 0.1) is 0 Å². The molecule has 1 fully saturated rings. The van der Waals surface area contributed by atoms with Crippen molar-refractivity contribution in [3.8, 4) is 0 Å².